The van der Waals surface area contributed by atoms with Gasteiger partial charge in [0.05, 0.1) is 21.1 Å². The Balaban J connectivity index is 1.70. The number of benzene rings is 1. The number of nitrogens with one attached hydrogen (secondary N) is 1. The normalized spacial score (nSPS) is 15.9. The SMILES string of the molecule is O=C(NO)c1cnc(N2CCN(S(=O)(=O)c3ccc(Cl)c(Cl)c3)CC2)s1. The summed E-state index contributed by atoms with van der Waals surface area (Å²) in [4.78, 5) is 17.8. The van der Waals surface area contributed by atoms with E-state index >= 15 is 0 Å². The van der Waals surface area contributed by atoms with Gasteiger partial charge in [0.15, 0.2) is 5.13 Å². The van der Waals surface area contributed by atoms with E-state index in [0.29, 0.717) is 23.2 Å². The molecule has 1 aliphatic rings. The summed E-state index contributed by atoms with van der Waals surface area (Å²) in [6.45, 7) is 1.38. The highest BCUT2D eigenvalue weighted by Crippen LogP contribution is 2.28. The van der Waals surface area contributed by atoms with Gasteiger partial charge in [0.2, 0.25) is 10.0 Å². The first-order valence-electron chi connectivity index (χ1n) is 7.43. The molecule has 2 heterocycles. The topological polar surface area (TPSA) is 103 Å². The number of hydrogen-bond acceptors (Lipinski definition) is 7. The average Bonchev–Trinajstić information content (AvgIpc) is 3.13. The first-order valence-corrected chi connectivity index (χ1v) is 10.4. The van der Waals surface area contributed by atoms with Crippen LogP contribution in [-0.4, -0.2) is 55.0 Å². The number of nitrogens with zero attached hydrogens (tertiary/aromatic N) is 3. The van der Waals surface area contributed by atoms with Crippen molar-refractivity contribution in [3.63, 3.8) is 0 Å². The van der Waals surface area contributed by atoms with Crippen molar-refractivity contribution >= 4 is 55.6 Å². The maximum atomic E-state index is 12.7. The minimum atomic E-state index is -3.67. The van der Waals surface area contributed by atoms with Crippen molar-refractivity contribution in [2.75, 3.05) is 31.1 Å². The molecular weight excluding hydrogens is 423 g/mol. The number of carbonyl (C=O) groups excluding carboxylic acids is 1. The Kier molecular flexibility index (Phi) is 5.70. The zero-order valence-electron chi connectivity index (χ0n) is 13.2. The Labute approximate surface area is 164 Å². The molecule has 0 bridgehead atoms. The highest BCUT2D eigenvalue weighted by Gasteiger charge is 2.30. The van der Waals surface area contributed by atoms with Crippen molar-refractivity contribution < 1.29 is 18.4 Å². The van der Waals surface area contributed by atoms with Crippen molar-refractivity contribution in [3.05, 3.63) is 39.3 Å². The van der Waals surface area contributed by atoms with Gasteiger partial charge in [0.1, 0.15) is 4.88 Å². The minimum Gasteiger partial charge on any atom is -0.345 e. The van der Waals surface area contributed by atoms with Crippen LogP contribution in [0, 0.1) is 0 Å². The number of hydroxylamine groups is 1. The zero-order valence-corrected chi connectivity index (χ0v) is 16.4. The van der Waals surface area contributed by atoms with Crippen LogP contribution in [0.25, 0.3) is 0 Å². The smallest absolute Gasteiger partial charge is 0.286 e. The number of piperazine rings is 1. The van der Waals surface area contributed by atoms with Crippen molar-refractivity contribution in [1.29, 1.82) is 0 Å². The van der Waals surface area contributed by atoms with Crippen LogP contribution in [0.1, 0.15) is 9.67 Å². The molecule has 2 N–H and O–H groups in total. The van der Waals surface area contributed by atoms with E-state index in [9.17, 15) is 13.2 Å². The second-order valence-corrected chi connectivity index (χ2v) is 9.18. The van der Waals surface area contributed by atoms with Gasteiger partial charge >= 0.3 is 0 Å². The van der Waals surface area contributed by atoms with Crippen LogP contribution in [0.15, 0.2) is 29.3 Å². The third kappa shape index (κ3) is 3.80. The summed E-state index contributed by atoms with van der Waals surface area (Å²) < 4.78 is 26.8. The van der Waals surface area contributed by atoms with Crippen LogP contribution < -0.4 is 10.4 Å². The molecule has 140 valence electrons. The highest BCUT2D eigenvalue weighted by molar-refractivity contribution is 7.89. The van der Waals surface area contributed by atoms with Crippen LogP contribution in [0.2, 0.25) is 10.0 Å². The van der Waals surface area contributed by atoms with Gasteiger partial charge in [-0.05, 0) is 18.2 Å². The maximum absolute atomic E-state index is 12.7. The Hall–Kier alpha value is -1.43. The summed E-state index contributed by atoms with van der Waals surface area (Å²) in [6.07, 6.45) is 1.37. The predicted molar refractivity (Wildman–Crippen MR) is 98.8 cm³/mol. The molecule has 0 aliphatic carbocycles. The third-order valence-corrected chi connectivity index (χ3v) is 7.55. The van der Waals surface area contributed by atoms with Gasteiger partial charge in [-0.2, -0.15) is 4.31 Å². The minimum absolute atomic E-state index is 0.0940. The molecule has 3 rings (SSSR count). The van der Waals surface area contributed by atoms with E-state index in [2.05, 4.69) is 4.98 Å². The number of carbonyl (C=O) groups is 1. The molecule has 0 spiro atoms. The lowest BCUT2D eigenvalue weighted by Crippen LogP contribution is -2.48. The monoisotopic (exact) mass is 436 g/mol. The molecule has 26 heavy (non-hydrogen) atoms. The number of sulfonamides is 1. The van der Waals surface area contributed by atoms with Crippen molar-refractivity contribution in [1.82, 2.24) is 14.8 Å². The van der Waals surface area contributed by atoms with E-state index in [1.54, 1.807) is 5.48 Å². The standard InChI is InChI=1S/C14H14Cl2N4O4S2/c15-10-2-1-9(7-11(10)16)26(23,24)20-5-3-19(4-6-20)14-17-8-12(25-14)13(21)18-22/h1-2,7-8,22H,3-6H2,(H,18,21). The van der Waals surface area contributed by atoms with Gasteiger partial charge in [-0.1, -0.05) is 34.5 Å². The molecule has 1 aromatic carbocycles. The van der Waals surface area contributed by atoms with Crippen molar-refractivity contribution in [2.45, 2.75) is 4.90 Å². The summed E-state index contributed by atoms with van der Waals surface area (Å²) in [5.74, 6) is -0.630. The van der Waals surface area contributed by atoms with E-state index in [4.69, 9.17) is 28.4 Å². The van der Waals surface area contributed by atoms with Gasteiger partial charge in [-0.25, -0.2) is 18.9 Å². The van der Waals surface area contributed by atoms with Crippen LogP contribution in [0.3, 0.4) is 0 Å². The number of hydrogen-bond donors (Lipinski definition) is 2. The van der Waals surface area contributed by atoms with Gasteiger partial charge in [0, 0.05) is 26.2 Å². The lowest BCUT2D eigenvalue weighted by atomic mass is 10.4. The number of rotatable bonds is 4. The molecule has 1 aliphatic heterocycles. The van der Waals surface area contributed by atoms with E-state index < -0.39 is 15.9 Å². The maximum Gasteiger partial charge on any atom is 0.286 e. The summed E-state index contributed by atoms with van der Waals surface area (Å²) in [7, 11) is -3.67. The number of anilines is 1. The highest BCUT2D eigenvalue weighted by atomic mass is 35.5. The third-order valence-electron chi connectivity index (χ3n) is 3.86. The van der Waals surface area contributed by atoms with Crippen LogP contribution in [-0.2, 0) is 10.0 Å². The van der Waals surface area contributed by atoms with E-state index in [-0.39, 0.29) is 27.9 Å². The molecule has 1 amide bonds. The Morgan fingerprint density at radius 2 is 1.88 bits per heavy atom. The summed E-state index contributed by atoms with van der Waals surface area (Å²) >= 11 is 12.9. The first kappa shape index (κ1) is 19.3. The molecule has 1 aromatic heterocycles. The molecular formula is C14H14Cl2N4O4S2. The van der Waals surface area contributed by atoms with Crippen molar-refractivity contribution in [3.8, 4) is 0 Å². The van der Waals surface area contributed by atoms with E-state index in [1.165, 1.54) is 28.7 Å². The predicted octanol–water partition coefficient (Wildman–Crippen LogP) is 2.08. The zero-order chi connectivity index (χ0) is 18.9. The van der Waals surface area contributed by atoms with Gasteiger partial charge in [-0.3, -0.25) is 10.0 Å². The molecule has 12 heteroatoms. The fourth-order valence-electron chi connectivity index (χ4n) is 2.48. The second-order valence-electron chi connectivity index (χ2n) is 5.42. The number of amides is 1. The van der Waals surface area contributed by atoms with Crippen LogP contribution in [0.5, 0.6) is 0 Å². The molecule has 0 radical (unpaired) electrons. The van der Waals surface area contributed by atoms with Crippen LogP contribution >= 0.6 is 34.5 Å². The van der Waals surface area contributed by atoms with Crippen molar-refractivity contribution in [2.24, 2.45) is 0 Å². The Bertz CT molecular complexity index is 927. The summed E-state index contributed by atoms with van der Waals surface area (Å²) in [5, 5.41) is 9.72. The lowest BCUT2D eigenvalue weighted by molar-refractivity contribution is 0.0710. The summed E-state index contributed by atoms with van der Waals surface area (Å²) in [6, 6.07) is 4.22. The lowest BCUT2D eigenvalue weighted by Gasteiger charge is -2.33. The molecule has 1 fully saturated rings. The fourth-order valence-corrected chi connectivity index (χ4v) is 5.15. The first-order chi connectivity index (χ1) is 12.3. The molecule has 0 saturated carbocycles. The average molecular weight is 437 g/mol. The van der Waals surface area contributed by atoms with Crippen LogP contribution in [0.4, 0.5) is 5.13 Å². The molecule has 1 saturated heterocycles. The number of thiazole rings is 1. The molecule has 0 unspecified atom stereocenters. The number of aromatic nitrogens is 1. The Morgan fingerprint density at radius 1 is 1.19 bits per heavy atom. The van der Waals surface area contributed by atoms with E-state index in [1.807, 2.05) is 4.90 Å². The summed E-state index contributed by atoms with van der Waals surface area (Å²) in [5.41, 5.74) is 1.56. The van der Waals surface area contributed by atoms with Gasteiger partial charge in [-0.15, -0.1) is 0 Å². The largest absolute Gasteiger partial charge is 0.345 e. The number of halogens is 2. The van der Waals surface area contributed by atoms with E-state index in [0.717, 1.165) is 11.3 Å². The molecule has 2 aromatic rings. The van der Waals surface area contributed by atoms with Gasteiger partial charge < -0.3 is 4.90 Å². The van der Waals surface area contributed by atoms with Gasteiger partial charge in [0.25, 0.3) is 5.91 Å². The fraction of sp³-hybridized carbons (Fsp3) is 0.286. The Morgan fingerprint density at radius 3 is 2.50 bits per heavy atom. The second kappa shape index (κ2) is 7.67. The molecule has 0 atom stereocenters. The molecule has 8 nitrogen and oxygen atoms in total. The quantitative estimate of drug-likeness (QED) is 0.561.